The molecule has 0 aliphatic carbocycles. The second-order valence-corrected chi connectivity index (χ2v) is 6.55. The molecule has 0 saturated carbocycles. The van der Waals surface area contributed by atoms with Crippen molar-refractivity contribution in [2.45, 2.75) is 6.54 Å². The van der Waals surface area contributed by atoms with Gasteiger partial charge in [0.25, 0.3) is 0 Å². The van der Waals surface area contributed by atoms with Crippen LogP contribution in [-0.4, -0.2) is 55.5 Å². The van der Waals surface area contributed by atoms with Crippen LogP contribution in [-0.2, 0) is 11.3 Å². The number of hydrogen-bond acceptors (Lipinski definition) is 4. The van der Waals surface area contributed by atoms with E-state index in [1.54, 1.807) is 24.3 Å². The molecule has 2 aromatic rings. The molecule has 1 fully saturated rings. The maximum atomic E-state index is 13.8. The van der Waals surface area contributed by atoms with Crippen LogP contribution in [0.4, 0.5) is 14.5 Å². The smallest absolute Gasteiger partial charge is 0.238 e. The lowest BCUT2D eigenvalue weighted by Gasteiger charge is -2.34. The number of nitrogens with one attached hydrogen (secondary N) is 1. The number of halogens is 2. The molecule has 0 atom stereocenters. The molecule has 1 N–H and O–H groups in total. The van der Waals surface area contributed by atoms with Gasteiger partial charge in [0.2, 0.25) is 5.91 Å². The van der Waals surface area contributed by atoms with E-state index in [0.717, 1.165) is 31.7 Å². The van der Waals surface area contributed by atoms with Crippen LogP contribution in [0.5, 0.6) is 5.75 Å². The molecule has 0 bridgehead atoms. The number of amides is 1. The second kappa shape index (κ2) is 8.92. The summed E-state index contributed by atoms with van der Waals surface area (Å²) in [6.45, 7) is 3.88. The molecule has 2 aromatic carbocycles. The molecule has 1 saturated heterocycles. The zero-order valence-electron chi connectivity index (χ0n) is 15.3. The number of nitrogens with zero attached hydrogens (tertiary/aromatic N) is 2. The number of methoxy groups -OCH3 is 1. The lowest BCUT2D eigenvalue weighted by atomic mass is 10.2. The first-order valence-electron chi connectivity index (χ1n) is 8.86. The minimum absolute atomic E-state index is 0.197. The van der Waals surface area contributed by atoms with E-state index >= 15 is 0 Å². The fraction of sp³-hybridized carbons (Fsp3) is 0.350. The highest BCUT2D eigenvalue weighted by Crippen LogP contribution is 2.19. The summed E-state index contributed by atoms with van der Waals surface area (Å²) in [6, 6.07) is 11.1. The van der Waals surface area contributed by atoms with Gasteiger partial charge >= 0.3 is 0 Å². The predicted molar refractivity (Wildman–Crippen MR) is 99.7 cm³/mol. The number of piperazine rings is 1. The summed E-state index contributed by atoms with van der Waals surface area (Å²) in [4.78, 5) is 16.4. The van der Waals surface area contributed by atoms with E-state index in [1.165, 1.54) is 19.2 Å². The van der Waals surface area contributed by atoms with E-state index < -0.39 is 5.82 Å². The van der Waals surface area contributed by atoms with Gasteiger partial charge in [-0.3, -0.25) is 14.6 Å². The molecule has 144 valence electrons. The van der Waals surface area contributed by atoms with Gasteiger partial charge in [0.1, 0.15) is 5.82 Å². The van der Waals surface area contributed by atoms with Crippen molar-refractivity contribution in [3.63, 3.8) is 0 Å². The largest absolute Gasteiger partial charge is 0.494 e. The summed E-state index contributed by atoms with van der Waals surface area (Å²) in [5.74, 6) is -0.795. The highest BCUT2D eigenvalue weighted by molar-refractivity contribution is 5.92. The third-order valence-corrected chi connectivity index (χ3v) is 4.60. The summed E-state index contributed by atoms with van der Waals surface area (Å²) in [5.41, 5.74) is 1.08. The molecular weight excluding hydrogens is 352 g/mol. The predicted octanol–water partition coefficient (Wildman–Crippen LogP) is 2.73. The number of carbonyl (C=O) groups is 1. The van der Waals surface area contributed by atoms with Crippen molar-refractivity contribution in [2.75, 3.05) is 45.2 Å². The van der Waals surface area contributed by atoms with Crippen LogP contribution in [0.1, 0.15) is 5.56 Å². The molecule has 0 radical (unpaired) electrons. The topological polar surface area (TPSA) is 44.8 Å². The number of carbonyl (C=O) groups excluding carboxylic acids is 1. The van der Waals surface area contributed by atoms with Gasteiger partial charge in [-0.2, -0.15) is 0 Å². The zero-order valence-corrected chi connectivity index (χ0v) is 15.3. The Kier molecular flexibility index (Phi) is 6.36. The Bertz CT molecular complexity index is 793. The minimum atomic E-state index is -0.442. The third kappa shape index (κ3) is 5.24. The normalized spacial score (nSPS) is 15.5. The maximum Gasteiger partial charge on any atom is 0.238 e. The summed E-state index contributed by atoms with van der Waals surface area (Å²) < 4.78 is 32.3. The summed E-state index contributed by atoms with van der Waals surface area (Å²) in [7, 11) is 1.44. The van der Waals surface area contributed by atoms with E-state index in [0.29, 0.717) is 6.54 Å². The maximum absolute atomic E-state index is 13.8. The van der Waals surface area contributed by atoms with Crippen LogP contribution in [0.3, 0.4) is 0 Å². The van der Waals surface area contributed by atoms with Crippen LogP contribution in [0.2, 0.25) is 0 Å². The highest BCUT2D eigenvalue weighted by Gasteiger charge is 2.20. The molecule has 1 aliphatic heterocycles. The fourth-order valence-corrected chi connectivity index (χ4v) is 3.13. The number of hydrogen-bond donors (Lipinski definition) is 1. The average Bonchev–Trinajstić information content (AvgIpc) is 2.65. The SMILES string of the molecule is COc1ccc(CN2CCN(CC(=O)Nc3ccccc3F)CC2)cc1F. The van der Waals surface area contributed by atoms with Crippen LogP contribution in [0, 0.1) is 11.6 Å². The summed E-state index contributed by atoms with van der Waals surface area (Å²) in [5, 5.41) is 2.60. The molecule has 27 heavy (non-hydrogen) atoms. The highest BCUT2D eigenvalue weighted by atomic mass is 19.1. The molecular formula is C20H23F2N3O2. The molecule has 5 nitrogen and oxygen atoms in total. The van der Waals surface area contributed by atoms with E-state index in [9.17, 15) is 13.6 Å². The Morgan fingerprint density at radius 3 is 2.41 bits per heavy atom. The van der Waals surface area contributed by atoms with Crippen molar-refractivity contribution in [1.82, 2.24) is 9.80 Å². The molecule has 0 aromatic heterocycles. The molecule has 1 amide bonds. The number of anilines is 1. The molecule has 0 spiro atoms. The van der Waals surface area contributed by atoms with Gasteiger partial charge in [0.05, 0.1) is 19.3 Å². The Morgan fingerprint density at radius 2 is 1.74 bits per heavy atom. The lowest BCUT2D eigenvalue weighted by Crippen LogP contribution is -2.48. The first-order chi connectivity index (χ1) is 13.0. The van der Waals surface area contributed by atoms with Crippen molar-refractivity contribution >= 4 is 11.6 Å². The Balaban J connectivity index is 1.45. The van der Waals surface area contributed by atoms with Crippen LogP contribution >= 0.6 is 0 Å². The van der Waals surface area contributed by atoms with Gasteiger partial charge in [0, 0.05) is 32.7 Å². The van der Waals surface area contributed by atoms with E-state index in [4.69, 9.17) is 4.74 Å². The number of benzene rings is 2. The Labute approximate surface area is 157 Å². The lowest BCUT2D eigenvalue weighted by molar-refractivity contribution is -0.117. The van der Waals surface area contributed by atoms with E-state index in [2.05, 4.69) is 10.2 Å². The fourth-order valence-electron chi connectivity index (χ4n) is 3.13. The van der Waals surface area contributed by atoms with Crippen LogP contribution in [0.15, 0.2) is 42.5 Å². The Hall–Kier alpha value is -2.51. The van der Waals surface area contributed by atoms with Crippen LogP contribution in [0.25, 0.3) is 0 Å². The number of ether oxygens (including phenoxy) is 1. The van der Waals surface area contributed by atoms with E-state index in [1.807, 2.05) is 11.0 Å². The third-order valence-electron chi connectivity index (χ3n) is 4.60. The van der Waals surface area contributed by atoms with Crippen molar-refractivity contribution in [2.24, 2.45) is 0 Å². The Morgan fingerprint density at radius 1 is 1.04 bits per heavy atom. The van der Waals surface area contributed by atoms with Gasteiger partial charge < -0.3 is 10.1 Å². The van der Waals surface area contributed by atoms with Gasteiger partial charge in [0.15, 0.2) is 11.6 Å². The number of rotatable bonds is 6. The molecule has 1 heterocycles. The summed E-state index contributed by atoms with van der Waals surface area (Å²) >= 11 is 0. The first-order valence-corrected chi connectivity index (χ1v) is 8.86. The monoisotopic (exact) mass is 375 g/mol. The van der Waals surface area contributed by atoms with Gasteiger partial charge in [-0.25, -0.2) is 8.78 Å². The molecule has 1 aliphatic rings. The van der Waals surface area contributed by atoms with Gasteiger partial charge in [-0.05, 0) is 29.8 Å². The van der Waals surface area contributed by atoms with Crippen molar-refractivity contribution in [1.29, 1.82) is 0 Å². The van der Waals surface area contributed by atoms with Crippen molar-refractivity contribution < 1.29 is 18.3 Å². The van der Waals surface area contributed by atoms with Gasteiger partial charge in [-0.1, -0.05) is 18.2 Å². The first kappa shape index (κ1) is 19.3. The molecule has 3 rings (SSSR count). The van der Waals surface area contributed by atoms with Crippen molar-refractivity contribution in [3.8, 4) is 5.75 Å². The van der Waals surface area contributed by atoms with Crippen molar-refractivity contribution in [3.05, 3.63) is 59.7 Å². The minimum Gasteiger partial charge on any atom is -0.494 e. The molecule has 7 heteroatoms. The average molecular weight is 375 g/mol. The molecule has 0 unspecified atom stereocenters. The number of para-hydroxylation sites is 1. The quantitative estimate of drug-likeness (QED) is 0.843. The summed E-state index contributed by atoms with van der Waals surface area (Å²) in [6.07, 6.45) is 0. The second-order valence-electron chi connectivity index (χ2n) is 6.55. The zero-order chi connectivity index (χ0) is 19.2. The standard InChI is InChI=1S/C20H23F2N3O2/c1-27-19-7-6-15(12-17(19)22)13-24-8-10-25(11-9-24)14-20(26)23-18-5-3-2-4-16(18)21/h2-7,12H,8-11,13-14H2,1H3,(H,23,26). The van der Waals surface area contributed by atoms with Gasteiger partial charge in [-0.15, -0.1) is 0 Å². The van der Waals surface area contributed by atoms with E-state index in [-0.39, 0.29) is 29.7 Å². The van der Waals surface area contributed by atoms with Crippen LogP contribution < -0.4 is 10.1 Å².